The molecule has 0 aromatic heterocycles. The molecule has 0 aliphatic heterocycles. The fourth-order valence-electron chi connectivity index (χ4n) is 1.17. The third-order valence-electron chi connectivity index (χ3n) is 1.92. The number of carbonyl (C=O) groups excluding carboxylic acids is 1. The van der Waals surface area contributed by atoms with Gasteiger partial charge in [0.2, 0.25) is 10.0 Å². The number of amides is 1. The Morgan fingerprint density at radius 2 is 1.94 bits per heavy atom. The van der Waals surface area contributed by atoms with Crippen molar-refractivity contribution in [2.45, 2.75) is 0 Å². The maximum absolute atomic E-state index is 11.5. The van der Waals surface area contributed by atoms with Gasteiger partial charge in [-0.1, -0.05) is 12.1 Å². The molecule has 0 unspecified atom stereocenters. The Balaban J connectivity index is 2.44. The van der Waals surface area contributed by atoms with Crippen LogP contribution in [0.4, 0.5) is 0 Å². The second-order valence-electron chi connectivity index (χ2n) is 3.44. The molecule has 0 aliphatic carbocycles. The molecule has 6 nitrogen and oxygen atoms in total. The Kier molecular flexibility index (Phi) is 4.47. The van der Waals surface area contributed by atoms with E-state index in [9.17, 15) is 18.3 Å². The van der Waals surface area contributed by atoms with Crippen LogP contribution in [0.2, 0.25) is 0 Å². The van der Waals surface area contributed by atoms with Gasteiger partial charge in [-0.05, 0) is 12.1 Å². The SMILES string of the molecule is CS(=O)(=O)NCCNC(=O)c1ccccc1O. The van der Waals surface area contributed by atoms with E-state index in [0.717, 1.165) is 6.26 Å². The maximum atomic E-state index is 11.5. The molecule has 0 radical (unpaired) electrons. The van der Waals surface area contributed by atoms with Crippen molar-refractivity contribution in [2.24, 2.45) is 0 Å². The number of nitrogens with one attached hydrogen (secondary N) is 2. The normalized spacial score (nSPS) is 11.1. The van der Waals surface area contributed by atoms with Crippen molar-refractivity contribution in [1.29, 1.82) is 0 Å². The van der Waals surface area contributed by atoms with Gasteiger partial charge in [-0.2, -0.15) is 0 Å². The minimum Gasteiger partial charge on any atom is -0.507 e. The van der Waals surface area contributed by atoms with Crippen molar-refractivity contribution in [3.05, 3.63) is 29.8 Å². The summed E-state index contributed by atoms with van der Waals surface area (Å²) in [7, 11) is -3.25. The molecule has 17 heavy (non-hydrogen) atoms. The Morgan fingerprint density at radius 3 is 2.53 bits per heavy atom. The van der Waals surface area contributed by atoms with Crippen LogP contribution in [0.3, 0.4) is 0 Å². The zero-order valence-corrected chi connectivity index (χ0v) is 10.1. The fraction of sp³-hybridized carbons (Fsp3) is 0.300. The number of para-hydroxylation sites is 1. The predicted molar refractivity (Wildman–Crippen MR) is 63.3 cm³/mol. The third kappa shape index (κ3) is 4.83. The number of hydrogen-bond acceptors (Lipinski definition) is 4. The summed E-state index contributed by atoms with van der Waals surface area (Å²) in [4.78, 5) is 11.5. The standard InChI is InChI=1S/C10H14N2O4S/c1-17(15,16)12-7-6-11-10(14)8-4-2-3-5-9(8)13/h2-5,12-13H,6-7H2,1H3,(H,11,14). The average molecular weight is 258 g/mol. The van der Waals surface area contributed by atoms with Crippen molar-refractivity contribution in [2.75, 3.05) is 19.3 Å². The summed E-state index contributed by atoms with van der Waals surface area (Å²) in [6.45, 7) is 0.262. The predicted octanol–water partition coefficient (Wildman–Crippen LogP) is -0.329. The minimum absolute atomic E-state index is 0.109. The van der Waals surface area contributed by atoms with E-state index in [1.807, 2.05) is 0 Å². The third-order valence-corrected chi connectivity index (χ3v) is 2.65. The highest BCUT2D eigenvalue weighted by Crippen LogP contribution is 2.14. The van der Waals surface area contributed by atoms with Crippen molar-refractivity contribution in [1.82, 2.24) is 10.0 Å². The molecule has 0 heterocycles. The van der Waals surface area contributed by atoms with E-state index < -0.39 is 15.9 Å². The van der Waals surface area contributed by atoms with Gasteiger partial charge in [-0.3, -0.25) is 4.79 Å². The highest BCUT2D eigenvalue weighted by Gasteiger charge is 2.09. The highest BCUT2D eigenvalue weighted by molar-refractivity contribution is 7.88. The number of carbonyl (C=O) groups is 1. The van der Waals surface area contributed by atoms with Crippen LogP contribution in [-0.2, 0) is 10.0 Å². The van der Waals surface area contributed by atoms with Crippen molar-refractivity contribution >= 4 is 15.9 Å². The Morgan fingerprint density at radius 1 is 1.29 bits per heavy atom. The van der Waals surface area contributed by atoms with Gasteiger partial charge in [0.05, 0.1) is 11.8 Å². The van der Waals surface area contributed by atoms with Crippen LogP contribution in [0.15, 0.2) is 24.3 Å². The van der Waals surface area contributed by atoms with Crippen LogP contribution >= 0.6 is 0 Å². The molecule has 1 amide bonds. The molecule has 0 bridgehead atoms. The number of sulfonamides is 1. The van der Waals surface area contributed by atoms with Gasteiger partial charge in [0.1, 0.15) is 5.75 Å². The molecule has 3 N–H and O–H groups in total. The van der Waals surface area contributed by atoms with Gasteiger partial charge in [-0.25, -0.2) is 13.1 Å². The Labute approximate surface area is 99.7 Å². The molecule has 94 valence electrons. The molecule has 0 saturated carbocycles. The lowest BCUT2D eigenvalue weighted by Gasteiger charge is -2.06. The molecule has 0 spiro atoms. The quantitative estimate of drug-likeness (QED) is 0.630. The monoisotopic (exact) mass is 258 g/mol. The lowest BCUT2D eigenvalue weighted by atomic mass is 10.2. The van der Waals surface area contributed by atoms with Crippen LogP contribution in [0.5, 0.6) is 5.75 Å². The second kappa shape index (κ2) is 5.65. The van der Waals surface area contributed by atoms with Gasteiger partial charge in [0.15, 0.2) is 0 Å². The first-order chi connectivity index (χ1) is 7.90. The van der Waals surface area contributed by atoms with E-state index in [1.54, 1.807) is 12.1 Å². The number of rotatable bonds is 5. The van der Waals surface area contributed by atoms with E-state index in [0.29, 0.717) is 0 Å². The summed E-state index contributed by atoms with van der Waals surface area (Å²) < 4.78 is 23.7. The first-order valence-electron chi connectivity index (χ1n) is 4.91. The van der Waals surface area contributed by atoms with Crippen LogP contribution in [0, 0.1) is 0 Å². The first-order valence-corrected chi connectivity index (χ1v) is 6.80. The number of benzene rings is 1. The summed E-state index contributed by atoms with van der Waals surface area (Å²) in [6.07, 6.45) is 1.04. The van der Waals surface area contributed by atoms with Crippen LogP contribution in [0.1, 0.15) is 10.4 Å². The lowest BCUT2D eigenvalue weighted by Crippen LogP contribution is -2.34. The van der Waals surface area contributed by atoms with E-state index >= 15 is 0 Å². The van der Waals surface area contributed by atoms with Crippen molar-refractivity contribution in [3.8, 4) is 5.75 Å². The summed E-state index contributed by atoms with van der Waals surface area (Å²) in [5.74, 6) is -0.556. The molecule has 7 heteroatoms. The minimum atomic E-state index is -3.25. The average Bonchev–Trinajstić information content (AvgIpc) is 2.23. The highest BCUT2D eigenvalue weighted by atomic mass is 32.2. The number of aromatic hydroxyl groups is 1. The number of phenolic OH excluding ortho intramolecular Hbond substituents is 1. The Hall–Kier alpha value is -1.60. The molecule has 0 fully saturated rings. The van der Waals surface area contributed by atoms with Crippen LogP contribution in [-0.4, -0.2) is 38.8 Å². The summed E-state index contributed by atoms with van der Waals surface area (Å²) in [5, 5.41) is 11.9. The lowest BCUT2D eigenvalue weighted by molar-refractivity contribution is 0.0951. The first kappa shape index (κ1) is 13.5. The van der Waals surface area contributed by atoms with E-state index in [2.05, 4.69) is 10.0 Å². The molecule has 0 saturated heterocycles. The van der Waals surface area contributed by atoms with E-state index in [-0.39, 0.29) is 24.4 Å². The second-order valence-corrected chi connectivity index (χ2v) is 5.27. The summed E-state index contributed by atoms with van der Waals surface area (Å²) in [5.41, 5.74) is 0.159. The maximum Gasteiger partial charge on any atom is 0.255 e. The summed E-state index contributed by atoms with van der Waals surface area (Å²) >= 11 is 0. The molecule has 1 aromatic carbocycles. The molecular weight excluding hydrogens is 244 g/mol. The van der Waals surface area contributed by atoms with Gasteiger partial charge >= 0.3 is 0 Å². The molecule has 0 atom stereocenters. The fourth-order valence-corrected chi connectivity index (χ4v) is 1.65. The summed E-state index contributed by atoms with van der Waals surface area (Å²) in [6, 6.07) is 6.12. The smallest absolute Gasteiger partial charge is 0.255 e. The molecule has 0 aliphatic rings. The topological polar surface area (TPSA) is 95.5 Å². The van der Waals surface area contributed by atoms with Gasteiger partial charge in [0.25, 0.3) is 5.91 Å². The van der Waals surface area contributed by atoms with Crippen molar-refractivity contribution in [3.63, 3.8) is 0 Å². The zero-order valence-electron chi connectivity index (χ0n) is 9.30. The zero-order chi connectivity index (χ0) is 12.9. The van der Waals surface area contributed by atoms with Crippen LogP contribution in [0.25, 0.3) is 0 Å². The number of hydrogen-bond donors (Lipinski definition) is 3. The number of phenols is 1. The van der Waals surface area contributed by atoms with Crippen molar-refractivity contribution < 1.29 is 18.3 Å². The largest absolute Gasteiger partial charge is 0.507 e. The van der Waals surface area contributed by atoms with Crippen LogP contribution < -0.4 is 10.0 Å². The van der Waals surface area contributed by atoms with Gasteiger partial charge in [0, 0.05) is 13.1 Å². The van der Waals surface area contributed by atoms with E-state index in [4.69, 9.17) is 0 Å². The molecule has 1 rings (SSSR count). The van der Waals surface area contributed by atoms with E-state index in [1.165, 1.54) is 12.1 Å². The Bertz CT molecular complexity index is 499. The molecule has 1 aromatic rings. The van der Waals surface area contributed by atoms with Gasteiger partial charge in [-0.15, -0.1) is 0 Å². The van der Waals surface area contributed by atoms with Gasteiger partial charge < -0.3 is 10.4 Å². The molecular formula is C10H14N2O4S.